The van der Waals surface area contributed by atoms with Gasteiger partial charge in [0, 0.05) is 18.4 Å². The number of aromatic nitrogens is 3. The van der Waals surface area contributed by atoms with Gasteiger partial charge in [0.2, 0.25) is 0 Å². The Kier molecular flexibility index (Phi) is 4.99. The molecule has 3 rings (SSSR count). The van der Waals surface area contributed by atoms with Gasteiger partial charge in [-0.1, -0.05) is 11.6 Å². The highest BCUT2D eigenvalue weighted by molar-refractivity contribution is 6.31. The molecular formula is C17H12ClF3N4O3. The zero-order chi connectivity index (χ0) is 20.6. The van der Waals surface area contributed by atoms with Gasteiger partial charge in [0.25, 0.3) is 11.5 Å². The minimum atomic E-state index is -4.68. The highest BCUT2D eigenvalue weighted by Crippen LogP contribution is 2.36. The molecule has 1 aromatic carbocycles. The summed E-state index contributed by atoms with van der Waals surface area (Å²) in [5, 5.41) is 1.81. The van der Waals surface area contributed by atoms with Crippen LogP contribution >= 0.6 is 11.6 Å². The lowest BCUT2D eigenvalue weighted by Crippen LogP contribution is -2.30. The molecule has 7 nitrogen and oxygen atoms in total. The Labute approximate surface area is 159 Å². The summed E-state index contributed by atoms with van der Waals surface area (Å²) in [7, 11) is 0. The van der Waals surface area contributed by atoms with Crippen LogP contribution in [0.25, 0.3) is 11.0 Å². The molecule has 0 aliphatic carbocycles. The van der Waals surface area contributed by atoms with Crippen LogP contribution in [0.2, 0.25) is 5.02 Å². The van der Waals surface area contributed by atoms with Crippen LogP contribution in [0.1, 0.15) is 22.8 Å². The van der Waals surface area contributed by atoms with Gasteiger partial charge in [-0.2, -0.15) is 13.2 Å². The lowest BCUT2D eigenvalue weighted by Gasteiger charge is -2.12. The van der Waals surface area contributed by atoms with Crippen molar-refractivity contribution in [2.75, 3.05) is 5.32 Å². The molecule has 0 unspecified atom stereocenters. The van der Waals surface area contributed by atoms with Crippen molar-refractivity contribution < 1.29 is 18.0 Å². The van der Waals surface area contributed by atoms with Crippen molar-refractivity contribution in [1.82, 2.24) is 14.5 Å². The van der Waals surface area contributed by atoms with E-state index in [1.165, 1.54) is 16.7 Å². The number of amides is 1. The number of anilines is 1. The molecule has 0 radical (unpaired) electrons. The van der Waals surface area contributed by atoms with Crippen LogP contribution in [-0.2, 0) is 12.7 Å². The van der Waals surface area contributed by atoms with Crippen LogP contribution in [0, 0.1) is 0 Å². The number of fused-ring (bicyclic) bond motifs is 1. The Morgan fingerprint density at radius 3 is 2.64 bits per heavy atom. The predicted molar refractivity (Wildman–Crippen MR) is 96.7 cm³/mol. The number of carbonyl (C=O) groups excluding carboxylic acids is 1. The third-order valence-corrected chi connectivity index (χ3v) is 4.27. The first-order chi connectivity index (χ1) is 13.1. The second-order valence-electron chi connectivity index (χ2n) is 5.75. The highest BCUT2D eigenvalue weighted by Gasteiger charge is 2.33. The van der Waals surface area contributed by atoms with Gasteiger partial charge in [0.1, 0.15) is 5.65 Å². The van der Waals surface area contributed by atoms with Crippen molar-refractivity contribution in [1.29, 1.82) is 0 Å². The van der Waals surface area contributed by atoms with Crippen molar-refractivity contribution in [2.24, 2.45) is 0 Å². The van der Waals surface area contributed by atoms with E-state index in [0.717, 1.165) is 12.3 Å². The average Bonchev–Trinajstić information content (AvgIpc) is 2.62. The maximum absolute atomic E-state index is 12.9. The molecule has 1 amide bonds. The number of nitrogens with zero attached hydrogens (tertiary/aromatic N) is 2. The maximum atomic E-state index is 12.9. The molecule has 0 fully saturated rings. The molecule has 0 aliphatic heterocycles. The van der Waals surface area contributed by atoms with E-state index in [2.05, 4.69) is 15.3 Å². The number of pyridine rings is 1. The van der Waals surface area contributed by atoms with E-state index in [1.807, 2.05) is 0 Å². The van der Waals surface area contributed by atoms with Gasteiger partial charge in [-0.25, -0.2) is 9.78 Å². The number of halogens is 4. The molecule has 146 valence electrons. The van der Waals surface area contributed by atoms with Gasteiger partial charge in [-0.05, 0) is 31.2 Å². The van der Waals surface area contributed by atoms with Crippen LogP contribution in [0.4, 0.5) is 18.9 Å². The fourth-order valence-corrected chi connectivity index (χ4v) is 2.83. The van der Waals surface area contributed by atoms with E-state index in [1.54, 1.807) is 6.92 Å². The van der Waals surface area contributed by atoms with E-state index in [-0.39, 0.29) is 28.8 Å². The first-order valence-corrected chi connectivity index (χ1v) is 8.30. The summed E-state index contributed by atoms with van der Waals surface area (Å²) in [4.78, 5) is 42.3. The SMILES string of the molecule is CCn1c(=O)[nH]c(=O)c2cc(C(=O)Nc3ccc(Cl)c(C(F)(F)F)c3)cnc21. The van der Waals surface area contributed by atoms with Gasteiger partial charge < -0.3 is 5.32 Å². The Morgan fingerprint density at radius 1 is 1.29 bits per heavy atom. The quantitative estimate of drug-likeness (QED) is 0.691. The zero-order valence-electron chi connectivity index (χ0n) is 14.2. The Hall–Kier alpha value is -3.14. The molecule has 0 bridgehead atoms. The number of rotatable bonds is 3. The summed E-state index contributed by atoms with van der Waals surface area (Å²) < 4.78 is 40.0. The van der Waals surface area contributed by atoms with Crippen LogP contribution in [-0.4, -0.2) is 20.4 Å². The highest BCUT2D eigenvalue weighted by atomic mass is 35.5. The molecule has 2 heterocycles. The second-order valence-corrected chi connectivity index (χ2v) is 6.15. The van der Waals surface area contributed by atoms with Gasteiger partial charge in [-0.3, -0.25) is 19.1 Å². The van der Waals surface area contributed by atoms with Crippen LogP contribution in [0.15, 0.2) is 40.1 Å². The van der Waals surface area contributed by atoms with Gasteiger partial charge in [0.05, 0.1) is 21.5 Å². The van der Waals surface area contributed by atoms with Crippen LogP contribution in [0.3, 0.4) is 0 Å². The Morgan fingerprint density at radius 2 is 2.00 bits per heavy atom. The topological polar surface area (TPSA) is 96.9 Å². The van der Waals surface area contributed by atoms with Gasteiger partial charge in [-0.15, -0.1) is 0 Å². The Balaban J connectivity index is 1.99. The van der Waals surface area contributed by atoms with E-state index < -0.39 is 33.9 Å². The van der Waals surface area contributed by atoms with Crippen molar-refractivity contribution in [3.8, 4) is 0 Å². The summed E-state index contributed by atoms with van der Waals surface area (Å²) in [6.07, 6.45) is -3.55. The average molecular weight is 413 g/mol. The van der Waals surface area contributed by atoms with Crippen molar-refractivity contribution in [2.45, 2.75) is 19.6 Å². The number of hydrogen-bond acceptors (Lipinski definition) is 4. The molecular weight excluding hydrogens is 401 g/mol. The summed E-state index contributed by atoms with van der Waals surface area (Å²) in [6.45, 7) is 1.93. The van der Waals surface area contributed by atoms with Gasteiger partial charge in [0.15, 0.2) is 0 Å². The van der Waals surface area contributed by atoms with E-state index >= 15 is 0 Å². The van der Waals surface area contributed by atoms with Gasteiger partial charge >= 0.3 is 11.9 Å². The number of aromatic amines is 1. The summed E-state index contributed by atoms with van der Waals surface area (Å²) in [5.74, 6) is -0.779. The number of nitrogens with one attached hydrogen (secondary N) is 2. The molecule has 0 saturated heterocycles. The molecule has 2 aromatic heterocycles. The largest absolute Gasteiger partial charge is 0.417 e. The minimum absolute atomic E-state index is 0.00110. The molecule has 3 aromatic rings. The molecule has 2 N–H and O–H groups in total. The summed E-state index contributed by atoms with van der Waals surface area (Å²) in [5.41, 5.74) is -2.55. The molecule has 11 heteroatoms. The standard InChI is InChI=1S/C17H12ClF3N4O3/c1-2-25-13-10(15(27)24-16(25)28)5-8(7-22-13)14(26)23-9-3-4-12(18)11(6-9)17(19,20)21/h3-7H,2H2,1H3,(H,23,26)(H,24,27,28). The fraction of sp³-hybridized carbons (Fsp3) is 0.176. The molecule has 0 saturated carbocycles. The van der Waals surface area contributed by atoms with E-state index in [4.69, 9.17) is 11.6 Å². The van der Waals surface area contributed by atoms with Crippen molar-refractivity contribution >= 4 is 34.2 Å². The van der Waals surface area contributed by atoms with E-state index in [9.17, 15) is 27.6 Å². The lowest BCUT2D eigenvalue weighted by atomic mass is 10.1. The molecule has 28 heavy (non-hydrogen) atoms. The zero-order valence-corrected chi connectivity index (χ0v) is 15.0. The normalized spacial score (nSPS) is 11.6. The summed E-state index contributed by atoms with van der Waals surface area (Å²) in [6, 6.07) is 4.15. The lowest BCUT2D eigenvalue weighted by molar-refractivity contribution is -0.137. The second kappa shape index (κ2) is 7.12. The Bertz CT molecular complexity index is 1200. The monoisotopic (exact) mass is 412 g/mol. The van der Waals surface area contributed by atoms with E-state index in [0.29, 0.717) is 6.07 Å². The number of hydrogen-bond donors (Lipinski definition) is 2. The molecule has 0 atom stereocenters. The number of carbonyl (C=O) groups is 1. The van der Waals surface area contributed by atoms with Crippen molar-refractivity contribution in [3.63, 3.8) is 0 Å². The first kappa shape index (κ1) is 19.6. The molecule has 0 spiro atoms. The fourth-order valence-electron chi connectivity index (χ4n) is 2.61. The van der Waals surface area contributed by atoms with Crippen molar-refractivity contribution in [3.05, 3.63) is 67.4 Å². The summed E-state index contributed by atoms with van der Waals surface area (Å²) >= 11 is 5.55. The van der Waals surface area contributed by atoms with Crippen LogP contribution < -0.4 is 16.6 Å². The number of aryl methyl sites for hydroxylation is 1. The smallest absolute Gasteiger partial charge is 0.322 e. The third kappa shape index (κ3) is 3.63. The third-order valence-electron chi connectivity index (χ3n) is 3.94. The molecule has 0 aliphatic rings. The predicted octanol–water partition coefficient (Wildman–Crippen LogP) is 3.03. The van der Waals surface area contributed by atoms with Crippen LogP contribution in [0.5, 0.6) is 0 Å². The minimum Gasteiger partial charge on any atom is -0.322 e. The first-order valence-electron chi connectivity index (χ1n) is 7.92. The maximum Gasteiger partial charge on any atom is 0.417 e. The number of H-pyrrole nitrogens is 1. The number of benzene rings is 1. The number of alkyl halides is 3.